The highest BCUT2D eigenvalue weighted by atomic mass is 16.5. The fourth-order valence-electron chi connectivity index (χ4n) is 4.06. The van der Waals surface area contributed by atoms with Gasteiger partial charge >= 0.3 is 5.97 Å². The highest BCUT2D eigenvalue weighted by molar-refractivity contribution is 5.95. The molecule has 0 radical (unpaired) electrons. The Morgan fingerprint density at radius 3 is 2.69 bits per heavy atom. The van der Waals surface area contributed by atoms with Gasteiger partial charge in [-0.05, 0) is 43.5 Å². The normalized spacial score (nSPS) is 17.8. The third kappa shape index (κ3) is 3.22. The van der Waals surface area contributed by atoms with Crippen molar-refractivity contribution < 1.29 is 19.1 Å². The van der Waals surface area contributed by atoms with Crippen LogP contribution in [0.5, 0.6) is 5.75 Å². The highest BCUT2D eigenvalue weighted by Gasteiger charge is 2.37. The molecule has 0 aliphatic heterocycles. The van der Waals surface area contributed by atoms with Crippen LogP contribution in [0.3, 0.4) is 0 Å². The molecule has 0 saturated heterocycles. The molecule has 1 N–H and O–H groups in total. The molecule has 2 heterocycles. The minimum Gasteiger partial charge on any atom is -0.490 e. The van der Waals surface area contributed by atoms with Crippen LogP contribution in [-0.4, -0.2) is 35.0 Å². The van der Waals surface area contributed by atoms with Crippen LogP contribution in [0.25, 0.3) is 5.65 Å². The molecule has 0 spiro atoms. The molecule has 1 amide bonds. The van der Waals surface area contributed by atoms with E-state index in [0.717, 1.165) is 11.1 Å². The number of imidazole rings is 1. The molecular formula is C22H23N3O4. The fourth-order valence-corrected chi connectivity index (χ4v) is 4.06. The van der Waals surface area contributed by atoms with Gasteiger partial charge in [0.1, 0.15) is 5.69 Å². The predicted octanol–water partition coefficient (Wildman–Crippen LogP) is 3.17. The summed E-state index contributed by atoms with van der Waals surface area (Å²) >= 11 is 0. The number of methoxy groups -OCH3 is 1. The molecule has 0 saturated carbocycles. The number of ether oxygens (including phenoxy) is 2. The van der Waals surface area contributed by atoms with Crippen molar-refractivity contribution in [2.75, 3.05) is 13.7 Å². The second-order valence-corrected chi connectivity index (χ2v) is 7.01. The van der Waals surface area contributed by atoms with Gasteiger partial charge in [0.15, 0.2) is 11.4 Å². The van der Waals surface area contributed by atoms with Crippen LogP contribution in [0, 0.1) is 6.92 Å². The molecule has 1 aliphatic carbocycles. The van der Waals surface area contributed by atoms with Crippen LogP contribution in [0.2, 0.25) is 0 Å². The number of carbonyl (C=O) groups excluding carboxylic acids is 2. The van der Waals surface area contributed by atoms with Crippen LogP contribution in [0.15, 0.2) is 42.6 Å². The zero-order valence-corrected chi connectivity index (χ0v) is 16.6. The third-order valence-electron chi connectivity index (χ3n) is 5.31. The number of aromatic nitrogens is 2. The van der Waals surface area contributed by atoms with Gasteiger partial charge in [0.25, 0.3) is 5.91 Å². The van der Waals surface area contributed by atoms with Crippen molar-refractivity contribution in [2.45, 2.75) is 32.2 Å². The van der Waals surface area contributed by atoms with E-state index < -0.39 is 0 Å². The van der Waals surface area contributed by atoms with Crippen LogP contribution < -0.4 is 10.1 Å². The van der Waals surface area contributed by atoms with E-state index in [9.17, 15) is 9.59 Å². The zero-order chi connectivity index (χ0) is 20.5. The SMILES string of the molecule is CCOc1cccn2c(C(=O)N[C@H]3C[C@@H](C(=O)OC)c4ccccc43)c(C)nc12. The van der Waals surface area contributed by atoms with E-state index >= 15 is 0 Å². The number of fused-ring (bicyclic) bond motifs is 2. The Labute approximate surface area is 168 Å². The van der Waals surface area contributed by atoms with Gasteiger partial charge in [0.2, 0.25) is 0 Å². The molecule has 0 unspecified atom stereocenters. The maximum atomic E-state index is 13.2. The molecule has 1 aromatic carbocycles. The van der Waals surface area contributed by atoms with E-state index in [1.807, 2.05) is 43.3 Å². The summed E-state index contributed by atoms with van der Waals surface area (Å²) in [5.41, 5.74) is 3.53. The molecule has 7 nitrogen and oxygen atoms in total. The average molecular weight is 393 g/mol. The Balaban J connectivity index is 1.66. The van der Waals surface area contributed by atoms with E-state index in [0.29, 0.717) is 35.8 Å². The lowest BCUT2D eigenvalue weighted by Crippen LogP contribution is -2.29. The van der Waals surface area contributed by atoms with Crippen molar-refractivity contribution in [1.29, 1.82) is 0 Å². The monoisotopic (exact) mass is 393 g/mol. The third-order valence-corrected chi connectivity index (χ3v) is 5.31. The molecule has 2 atom stereocenters. The van der Waals surface area contributed by atoms with E-state index in [-0.39, 0.29) is 23.8 Å². The summed E-state index contributed by atoms with van der Waals surface area (Å²) in [7, 11) is 1.38. The Bertz CT molecular complexity index is 1090. The number of hydrogen-bond donors (Lipinski definition) is 1. The zero-order valence-electron chi connectivity index (χ0n) is 16.6. The van der Waals surface area contributed by atoms with Gasteiger partial charge in [-0.25, -0.2) is 4.98 Å². The first-order valence-corrected chi connectivity index (χ1v) is 9.63. The number of nitrogens with zero attached hydrogens (tertiary/aromatic N) is 2. The summed E-state index contributed by atoms with van der Waals surface area (Å²) < 4.78 is 12.3. The van der Waals surface area contributed by atoms with Crippen LogP contribution >= 0.6 is 0 Å². The lowest BCUT2D eigenvalue weighted by molar-refractivity contribution is -0.142. The Morgan fingerprint density at radius 1 is 1.21 bits per heavy atom. The van der Waals surface area contributed by atoms with Gasteiger partial charge in [-0.1, -0.05) is 24.3 Å². The van der Waals surface area contributed by atoms with E-state index in [2.05, 4.69) is 10.3 Å². The van der Waals surface area contributed by atoms with Gasteiger partial charge in [0.05, 0.1) is 31.4 Å². The maximum Gasteiger partial charge on any atom is 0.313 e. The molecule has 0 bridgehead atoms. The molecular weight excluding hydrogens is 370 g/mol. The lowest BCUT2D eigenvalue weighted by atomic mass is 10.0. The first-order valence-electron chi connectivity index (χ1n) is 9.63. The van der Waals surface area contributed by atoms with Gasteiger partial charge < -0.3 is 14.8 Å². The van der Waals surface area contributed by atoms with Crippen LogP contribution in [-0.2, 0) is 9.53 Å². The summed E-state index contributed by atoms with van der Waals surface area (Å²) in [5.74, 6) is -0.279. The van der Waals surface area contributed by atoms with E-state index in [1.165, 1.54) is 7.11 Å². The summed E-state index contributed by atoms with van der Waals surface area (Å²) in [6, 6.07) is 11.0. The standard InChI is InChI=1S/C22H23N3O4/c1-4-29-18-10-7-11-25-19(13(2)23-20(18)25)21(26)24-17-12-16(22(27)28-3)14-8-5-6-9-15(14)17/h5-11,16-17H,4,12H2,1-3H3,(H,24,26)/t16-,17+/m1/s1. The van der Waals surface area contributed by atoms with Crippen molar-refractivity contribution in [1.82, 2.24) is 14.7 Å². The molecule has 29 heavy (non-hydrogen) atoms. The second-order valence-electron chi connectivity index (χ2n) is 7.01. The van der Waals surface area contributed by atoms with Gasteiger partial charge in [0, 0.05) is 6.20 Å². The minimum atomic E-state index is -0.380. The van der Waals surface area contributed by atoms with Crippen LogP contribution in [0.4, 0.5) is 0 Å². The molecule has 2 aromatic heterocycles. The van der Waals surface area contributed by atoms with Gasteiger partial charge in [-0.15, -0.1) is 0 Å². The van der Waals surface area contributed by atoms with Crippen molar-refractivity contribution in [2.24, 2.45) is 0 Å². The summed E-state index contributed by atoms with van der Waals surface area (Å²) in [4.78, 5) is 29.9. The van der Waals surface area contributed by atoms with Gasteiger partial charge in [-0.2, -0.15) is 0 Å². The largest absolute Gasteiger partial charge is 0.490 e. The van der Waals surface area contributed by atoms with Crippen LogP contribution in [0.1, 0.15) is 52.6 Å². The average Bonchev–Trinajstić information content (AvgIpc) is 3.26. The topological polar surface area (TPSA) is 81.9 Å². The van der Waals surface area contributed by atoms with Crippen molar-refractivity contribution in [3.63, 3.8) is 0 Å². The molecule has 4 rings (SSSR count). The Morgan fingerprint density at radius 2 is 1.97 bits per heavy atom. The number of carbonyl (C=O) groups is 2. The highest BCUT2D eigenvalue weighted by Crippen LogP contribution is 2.41. The first kappa shape index (κ1) is 19.0. The minimum absolute atomic E-state index is 0.242. The summed E-state index contributed by atoms with van der Waals surface area (Å²) in [6.07, 6.45) is 2.27. The number of amides is 1. The number of pyridine rings is 1. The number of aryl methyl sites for hydroxylation is 1. The smallest absolute Gasteiger partial charge is 0.313 e. The Hall–Kier alpha value is -3.35. The number of esters is 1. The Kier molecular flexibility index (Phi) is 4.96. The first-order chi connectivity index (χ1) is 14.0. The molecule has 0 fully saturated rings. The summed E-state index contributed by atoms with van der Waals surface area (Å²) in [6.45, 7) is 4.22. The predicted molar refractivity (Wildman–Crippen MR) is 107 cm³/mol. The van der Waals surface area contributed by atoms with E-state index in [1.54, 1.807) is 17.5 Å². The molecule has 1 aliphatic rings. The van der Waals surface area contributed by atoms with Crippen molar-refractivity contribution in [3.8, 4) is 5.75 Å². The van der Waals surface area contributed by atoms with Gasteiger partial charge in [-0.3, -0.25) is 14.0 Å². The molecule has 3 aromatic rings. The lowest BCUT2D eigenvalue weighted by Gasteiger charge is -2.15. The molecule has 7 heteroatoms. The second kappa shape index (κ2) is 7.58. The summed E-state index contributed by atoms with van der Waals surface area (Å²) in [5, 5.41) is 3.08. The van der Waals surface area contributed by atoms with Crippen molar-refractivity contribution >= 4 is 17.5 Å². The molecule has 150 valence electrons. The van der Waals surface area contributed by atoms with E-state index in [4.69, 9.17) is 9.47 Å². The van der Waals surface area contributed by atoms with Crippen molar-refractivity contribution in [3.05, 3.63) is 65.1 Å². The number of hydrogen-bond acceptors (Lipinski definition) is 5. The number of nitrogens with one attached hydrogen (secondary N) is 1. The number of benzene rings is 1. The maximum absolute atomic E-state index is 13.2. The quantitative estimate of drug-likeness (QED) is 0.674. The number of rotatable bonds is 5. The fraction of sp³-hybridized carbons (Fsp3) is 0.318.